The average molecular weight is 193 g/mol. The molecule has 3 nitrogen and oxygen atoms in total. The van der Waals surface area contributed by atoms with Gasteiger partial charge in [0.05, 0.1) is 0 Å². The van der Waals surface area contributed by atoms with Gasteiger partial charge in [0.15, 0.2) is 0 Å². The van der Waals surface area contributed by atoms with E-state index in [9.17, 15) is 9.59 Å². The van der Waals surface area contributed by atoms with Gasteiger partial charge >= 0.3 is 0 Å². The minimum atomic E-state index is -0.0365. The molecule has 0 amide bonds. The van der Waals surface area contributed by atoms with E-state index < -0.39 is 0 Å². The zero-order chi connectivity index (χ0) is 10.0. The maximum atomic E-state index is 11.1. The van der Waals surface area contributed by atoms with E-state index >= 15 is 0 Å². The summed E-state index contributed by atoms with van der Waals surface area (Å²) in [5.74, 6) is -0.0730. The molecule has 0 aliphatic carbocycles. The lowest BCUT2D eigenvalue weighted by atomic mass is 10.2. The van der Waals surface area contributed by atoms with Crippen molar-refractivity contribution in [2.45, 2.75) is 13.8 Å². The second-order valence-corrected chi connectivity index (χ2v) is 2.97. The zero-order valence-electron chi connectivity index (χ0n) is 9.00. The van der Waals surface area contributed by atoms with Gasteiger partial charge in [-0.2, -0.15) is 4.57 Å². The Bertz CT molecular complexity index is 337. The molecule has 0 bridgehead atoms. The predicted octanol–water partition coefficient (Wildman–Crippen LogP) is 1.37. The molecule has 0 unspecified atom stereocenters. The van der Waals surface area contributed by atoms with E-state index in [1.54, 1.807) is 29.8 Å². The van der Waals surface area contributed by atoms with Crippen molar-refractivity contribution >= 4 is 11.6 Å². The van der Waals surface area contributed by atoms with E-state index in [0.29, 0.717) is 11.4 Å². The predicted molar refractivity (Wildman–Crippen MR) is 54.0 cm³/mol. The Hall–Kier alpha value is -1.51. The van der Waals surface area contributed by atoms with Crippen LogP contribution in [0.25, 0.3) is 0 Å². The summed E-state index contributed by atoms with van der Waals surface area (Å²) in [5, 5.41) is 0. The molecule has 0 radical (unpaired) electrons. The first-order chi connectivity index (χ1) is 6.04. The topological polar surface area (TPSA) is 38.0 Å². The van der Waals surface area contributed by atoms with E-state index in [1.807, 2.05) is 0 Å². The third-order valence-corrected chi connectivity index (χ3v) is 1.95. The number of carbonyl (C=O) groups is 2. The number of nitrogens with zero attached hydrogens (tertiary/aromatic N) is 1. The van der Waals surface area contributed by atoms with Gasteiger partial charge in [-0.05, 0) is 6.07 Å². The standard InChI is InChI=1S/C10H12NO2.CH3/c1-7(12)9-5-4-6-10(8(2)13)11(9)3;/h4-6H,1-3H3;1H3/q+1;-1. The van der Waals surface area contributed by atoms with Crippen LogP contribution in [0.1, 0.15) is 34.8 Å². The van der Waals surface area contributed by atoms with Gasteiger partial charge in [-0.3, -0.25) is 9.59 Å². The quantitative estimate of drug-likeness (QED) is 0.404. The van der Waals surface area contributed by atoms with Crippen molar-refractivity contribution in [2.24, 2.45) is 7.05 Å². The number of Topliss-reactive ketones (excluding diaryl/α,β-unsaturated/α-hetero) is 2. The fraction of sp³-hybridized carbons (Fsp3) is 0.273. The first-order valence-electron chi connectivity index (χ1n) is 4.05. The van der Waals surface area contributed by atoms with Gasteiger partial charge < -0.3 is 7.43 Å². The summed E-state index contributed by atoms with van der Waals surface area (Å²) in [7, 11) is 1.72. The van der Waals surface area contributed by atoms with Gasteiger partial charge in [0, 0.05) is 26.0 Å². The normalized spacial score (nSPS) is 9.07. The number of carbonyl (C=O) groups excluding carboxylic acids is 2. The molecule has 0 aliphatic rings. The molecule has 1 heterocycles. The van der Waals surface area contributed by atoms with Crippen LogP contribution in [0.3, 0.4) is 0 Å². The van der Waals surface area contributed by atoms with Crippen molar-refractivity contribution in [1.29, 1.82) is 0 Å². The summed E-state index contributed by atoms with van der Waals surface area (Å²) in [5.41, 5.74) is 1.10. The summed E-state index contributed by atoms with van der Waals surface area (Å²) in [4.78, 5) is 22.2. The Morgan fingerprint density at radius 3 is 1.71 bits per heavy atom. The van der Waals surface area contributed by atoms with Crippen LogP contribution in [0.4, 0.5) is 0 Å². The van der Waals surface area contributed by atoms with E-state index in [4.69, 9.17) is 0 Å². The molecule has 1 rings (SSSR count). The van der Waals surface area contributed by atoms with Crippen molar-refractivity contribution in [1.82, 2.24) is 0 Å². The minimum absolute atomic E-state index is 0. The molecule has 0 aliphatic heterocycles. The van der Waals surface area contributed by atoms with E-state index in [1.165, 1.54) is 13.8 Å². The van der Waals surface area contributed by atoms with Crippen molar-refractivity contribution in [2.75, 3.05) is 0 Å². The third-order valence-electron chi connectivity index (χ3n) is 1.95. The molecule has 0 saturated carbocycles. The second kappa shape index (κ2) is 4.65. The fourth-order valence-corrected chi connectivity index (χ4v) is 1.29. The second-order valence-electron chi connectivity index (χ2n) is 2.97. The SMILES string of the molecule is CC(=O)c1cccc(C(C)=O)[n+]1C.[CH3-]. The molecule has 3 heteroatoms. The lowest BCUT2D eigenvalue weighted by Crippen LogP contribution is -2.41. The highest BCUT2D eigenvalue weighted by Crippen LogP contribution is 1.98. The van der Waals surface area contributed by atoms with Crippen LogP contribution in [0.2, 0.25) is 0 Å². The number of aromatic nitrogens is 1. The lowest BCUT2D eigenvalue weighted by Gasteiger charge is -1.98. The van der Waals surface area contributed by atoms with Crippen LogP contribution in [0.5, 0.6) is 0 Å². The Balaban J connectivity index is 0.00000169. The molecular weight excluding hydrogens is 178 g/mol. The highest BCUT2D eigenvalue weighted by Gasteiger charge is 2.18. The van der Waals surface area contributed by atoms with Gasteiger partial charge in [-0.25, -0.2) is 0 Å². The average Bonchev–Trinajstić information content (AvgIpc) is 2.03. The number of hydrogen-bond acceptors (Lipinski definition) is 2. The summed E-state index contributed by atoms with van der Waals surface area (Å²) in [6, 6.07) is 5.12. The maximum absolute atomic E-state index is 11.1. The largest absolute Gasteiger partial charge is 0.358 e. The molecule has 1 aromatic rings. The van der Waals surface area contributed by atoms with E-state index in [0.717, 1.165) is 0 Å². The Morgan fingerprint density at radius 2 is 1.43 bits per heavy atom. The highest BCUT2D eigenvalue weighted by atomic mass is 16.1. The van der Waals surface area contributed by atoms with Gasteiger partial charge in [-0.1, -0.05) is 0 Å². The number of ketones is 2. The van der Waals surface area contributed by atoms with Crippen LogP contribution in [0.15, 0.2) is 18.2 Å². The van der Waals surface area contributed by atoms with Crippen LogP contribution < -0.4 is 4.57 Å². The van der Waals surface area contributed by atoms with E-state index in [2.05, 4.69) is 0 Å². The molecule has 14 heavy (non-hydrogen) atoms. The van der Waals surface area contributed by atoms with Crippen molar-refractivity contribution < 1.29 is 14.2 Å². The first-order valence-corrected chi connectivity index (χ1v) is 4.05. The summed E-state index contributed by atoms with van der Waals surface area (Å²) < 4.78 is 1.62. The van der Waals surface area contributed by atoms with Crippen LogP contribution >= 0.6 is 0 Å². The number of rotatable bonds is 2. The van der Waals surface area contributed by atoms with Crippen molar-refractivity contribution in [3.63, 3.8) is 0 Å². The number of pyridine rings is 1. The zero-order valence-corrected chi connectivity index (χ0v) is 9.00. The molecule has 1 aromatic heterocycles. The van der Waals surface area contributed by atoms with Gasteiger partial charge in [-0.15, -0.1) is 0 Å². The molecule has 0 spiro atoms. The summed E-state index contributed by atoms with van der Waals surface area (Å²) >= 11 is 0. The molecule has 0 aromatic carbocycles. The molecule has 0 saturated heterocycles. The fourth-order valence-electron chi connectivity index (χ4n) is 1.29. The Kier molecular flexibility index (Phi) is 4.15. The summed E-state index contributed by atoms with van der Waals surface area (Å²) in [6.07, 6.45) is 0. The number of hydrogen-bond donors (Lipinski definition) is 0. The Labute approximate surface area is 84.4 Å². The molecule has 0 N–H and O–H groups in total. The van der Waals surface area contributed by atoms with Crippen molar-refractivity contribution in [3.8, 4) is 0 Å². The maximum Gasteiger partial charge on any atom is 0.248 e. The van der Waals surface area contributed by atoms with Crippen LogP contribution in [0, 0.1) is 7.43 Å². The molecule has 0 fully saturated rings. The van der Waals surface area contributed by atoms with E-state index in [-0.39, 0.29) is 19.0 Å². The van der Waals surface area contributed by atoms with Gasteiger partial charge in [0.2, 0.25) is 23.0 Å². The third kappa shape index (κ3) is 2.25. The Morgan fingerprint density at radius 1 is 1.07 bits per heavy atom. The molecular formula is C11H15NO2. The first kappa shape index (κ1) is 12.5. The van der Waals surface area contributed by atoms with Crippen LogP contribution in [-0.2, 0) is 7.05 Å². The van der Waals surface area contributed by atoms with Crippen LogP contribution in [-0.4, -0.2) is 11.6 Å². The minimum Gasteiger partial charge on any atom is -0.358 e. The summed E-state index contributed by atoms with van der Waals surface area (Å²) in [6.45, 7) is 2.97. The molecule has 0 atom stereocenters. The lowest BCUT2D eigenvalue weighted by molar-refractivity contribution is -0.675. The van der Waals surface area contributed by atoms with Gasteiger partial charge in [0.25, 0.3) is 0 Å². The monoisotopic (exact) mass is 193 g/mol. The highest BCUT2D eigenvalue weighted by molar-refractivity contribution is 5.93. The molecule has 76 valence electrons. The van der Waals surface area contributed by atoms with Gasteiger partial charge in [0.1, 0.15) is 7.05 Å². The smallest absolute Gasteiger partial charge is 0.248 e. The van der Waals surface area contributed by atoms with Crippen molar-refractivity contribution in [3.05, 3.63) is 37.0 Å².